The lowest BCUT2D eigenvalue weighted by atomic mass is 10.0. The number of hydrogen-bond donors (Lipinski definition) is 2. The number of carboxylic acid groups (broad SMARTS) is 1. The molecule has 2 N–H and O–H groups in total. The molecular weight excluding hydrogens is 518 g/mol. The summed E-state index contributed by atoms with van der Waals surface area (Å²) in [6, 6.07) is 3.62. The average molecular weight is 566 g/mol. The Labute approximate surface area is 238 Å². The molecule has 1 aromatic carbocycles. The number of carboxylic acids is 1. The first-order valence-corrected chi connectivity index (χ1v) is 14.2. The van der Waals surface area contributed by atoms with Crippen molar-refractivity contribution in [3.63, 3.8) is 0 Å². The molecule has 0 bridgehead atoms. The first kappa shape index (κ1) is 34.9. The molecule has 0 aliphatic heterocycles. The van der Waals surface area contributed by atoms with Crippen molar-refractivity contribution < 1.29 is 43.2 Å². The molecule has 0 radical (unpaired) electrons. The largest absolute Gasteiger partial charge is 0.508 e. The smallest absolute Gasteiger partial charge is 0.480 e. The highest BCUT2D eigenvalue weighted by molar-refractivity contribution is 5.77. The minimum atomic E-state index is -1.11. The third-order valence-corrected chi connectivity index (χ3v) is 5.99. The van der Waals surface area contributed by atoms with Gasteiger partial charge in [-0.05, 0) is 69.1 Å². The van der Waals surface area contributed by atoms with Gasteiger partial charge in [0.1, 0.15) is 18.2 Å². The van der Waals surface area contributed by atoms with Crippen LogP contribution >= 0.6 is 0 Å². The zero-order valence-corrected chi connectivity index (χ0v) is 25.0. The second-order valence-corrected chi connectivity index (χ2v) is 11.0. The SMILES string of the molecule is CCCC(C)OC(=O)OC(C)CN[C@@H](Cc1ccc(OC(=O)CCC(C)C)c(OC(=O)CCC(C)C)c1)C(=O)O. The second-order valence-electron chi connectivity index (χ2n) is 11.0. The lowest BCUT2D eigenvalue weighted by molar-refractivity contribution is -0.139. The fraction of sp³-hybridized carbons (Fsp3) is 0.667. The van der Waals surface area contributed by atoms with Gasteiger partial charge in [0.25, 0.3) is 0 Å². The number of aliphatic carboxylic acids is 1. The zero-order valence-electron chi connectivity index (χ0n) is 25.0. The van der Waals surface area contributed by atoms with E-state index in [4.69, 9.17) is 18.9 Å². The van der Waals surface area contributed by atoms with Crippen molar-refractivity contribution in [3.8, 4) is 11.5 Å². The lowest BCUT2D eigenvalue weighted by Crippen LogP contribution is -2.42. The van der Waals surface area contributed by atoms with E-state index >= 15 is 0 Å². The van der Waals surface area contributed by atoms with Crippen molar-refractivity contribution in [2.75, 3.05) is 6.54 Å². The summed E-state index contributed by atoms with van der Waals surface area (Å²) < 4.78 is 21.4. The molecule has 10 nitrogen and oxygen atoms in total. The summed E-state index contributed by atoms with van der Waals surface area (Å²) in [6.07, 6.45) is 1.63. The molecule has 0 aromatic heterocycles. The van der Waals surface area contributed by atoms with Crippen LogP contribution in [-0.2, 0) is 30.3 Å². The Kier molecular flexibility index (Phi) is 15.9. The zero-order chi connectivity index (χ0) is 30.2. The van der Waals surface area contributed by atoms with E-state index in [1.807, 2.05) is 34.6 Å². The Balaban J connectivity index is 2.94. The summed E-state index contributed by atoms with van der Waals surface area (Å²) >= 11 is 0. The van der Waals surface area contributed by atoms with Crippen LogP contribution in [0.2, 0.25) is 0 Å². The molecule has 226 valence electrons. The van der Waals surface area contributed by atoms with Crippen molar-refractivity contribution in [3.05, 3.63) is 23.8 Å². The molecule has 0 amide bonds. The van der Waals surface area contributed by atoms with Crippen LogP contribution in [0, 0.1) is 11.8 Å². The van der Waals surface area contributed by atoms with Gasteiger partial charge in [0.2, 0.25) is 0 Å². The number of esters is 2. The van der Waals surface area contributed by atoms with Gasteiger partial charge in [0.15, 0.2) is 11.5 Å². The highest BCUT2D eigenvalue weighted by Gasteiger charge is 2.22. The van der Waals surface area contributed by atoms with Gasteiger partial charge in [0.05, 0.1) is 0 Å². The number of hydrogen-bond acceptors (Lipinski definition) is 9. The van der Waals surface area contributed by atoms with Crippen molar-refractivity contribution in [2.24, 2.45) is 11.8 Å². The molecular formula is C30H47NO9. The minimum absolute atomic E-state index is 0.0398. The number of carbonyl (C=O) groups is 4. The van der Waals surface area contributed by atoms with Crippen molar-refractivity contribution in [1.29, 1.82) is 0 Å². The number of carbonyl (C=O) groups excluding carboxylic acids is 3. The minimum Gasteiger partial charge on any atom is -0.480 e. The molecule has 40 heavy (non-hydrogen) atoms. The monoisotopic (exact) mass is 565 g/mol. The molecule has 0 spiro atoms. The average Bonchev–Trinajstić information content (AvgIpc) is 2.85. The Morgan fingerprint density at radius 3 is 1.88 bits per heavy atom. The van der Waals surface area contributed by atoms with Crippen LogP contribution in [0.25, 0.3) is 0 Å². The van der Waals surface area contributed by atoms with Crippen LogP contribution in [0.15, 0.2) is 18.2 Å². The fourth-order valence-corrected chi connectivity index (χ4v) is 3.66. The van der Waals surface area contributed by atoms with E-state index in [9.17, 15) is 24.3 Å². The normalized spacial score (nSPS) is 13.4. The Hall–Kier alpha value is -3.14. The number of rotatable bonds is 18. The molecule has 0 heterocycles. The van der Waals surface area contributed by atoms with Crippen molar-refractivity contribution >= 4 is 24.1 Å². The van der Waals surface area contributed by atoms with E-state index in [1.54, 1.807) is 19.9 Å². The van der Waals surface area contributed by atoms with E-state index in [-0.39, 0.29) is 43.4 Å². The van der Waals surface area contributed by atoms with Gasteiger partial charge in [0, 0.05) is 19.4 Å². The van der Waals surface area contributed by atoms with E-state index in [0.717, 1.165) is 6.42 Å². The third kappa shape index (κ3) is 14.9. The van der Waals surface area contributed by atoms with Gasteiger partial charge < -0.3 is 29.4 Å². The van der Waals surface area contributed by atoms with Crippen molar-refractivity contribution in [1.82, 2.24) is 5.32 Å². The van der Waals surface area contributed by atoms with E-state index in [2.05, 4.69) is 5.32 Å². The van der Waals surface area contributed by atoms with Gasteiger partial charge in [-0.2, -0.15) is 0 Å². The van der Waals surface area contributed by atoms with E-state index < -0.39 is 36.2 Å². The summed E-state index contributed by atoms with van der Waals surface area (Å²) in [5, 5.41) is 12.7. The number of benzene rings is 1. The Morgan fingerprint density at radius 1 is 0.800 bits per heavy atom. The molecule has 0 aliphatic rings. The van der Waals surface area contributed by atoms with Gasteiger partial charge in [-0.25, -0.2) is 4.79 Å². The summed E-state index contributed by atoms with van der Waals surface area (Å²) in [4.78, 5) is 48.7. The first-order valence-electron chi connectivity index (χ1n) is 14.2. The maximum atomic E-state index is 12.5. The van der Waals surface area contributed by atoms with Gasteiger partial charge >= 0.3 is 24.1 Å². The molecule has 2 unspecified atom stereocenters. The molecule has 1 rings (SSSR count). The maximum absolute atomic E-state index is 12.5. The fourth-order valence-electron chi connectivity index (χ4n) is 3.66. The summed E-state index contributed by atoms with van der Waals surface area (Å²) in [5.41, 5.74) is 0.551. The lowest BCUT2D eigenvalue weighted by Gasteiger charge is -2.20. The van der Waals surface area contributed by atoms with Gasteiger partial charge in [-0.1, -0.05) is 47.1 Å². The molecule has 0 saturated carbocycles. The maximum Gasteiger partial charge on any atom is 0.508 e. The predicted molar refractivity (Wildman–Crippen MR) is 150 cm³/mol. The molecule has 0 saturated heterocycles. The summed E-state index contributed by atoms with van der Waals surface area (Å²) in [5.74, 6) is -1.21. The van der Waals surface area contributed by atoms with Crippen LogP contribution in [0.4, 0.5) is 4.79 Å². The van der Waals surface area contributed by atoms with Crippen molar-refractivity contribution in [2.45, 2.75) is 112 Å². The summed E-state index contributed by atoms with van der Waals surface area (Å²) in [7, 11) is 0. The van der Waals surface area contributed by atoms with Gasteiger partial charge in [-0.3, -0.25) is 14.4 Å². The first-order chi connectivity index (χ1) is 18.8. The summed E-state index contributed by atoms with van der Waals surface area (Å²) in [6.45, 7) is 13.5. The Bertz CT molecular complexity index is 960. The standard InChI is InChI=1S/C30H47NO9/c1-8-9-21(6)37-30(36)38-22(7)18-31-24(29(34)35)16-23-12-13-25(39-27(32)14-10-19(2)3)26(17-23)40-28(33)15-11-20(4)5/h12-13,17,19-22,24,31H,8-11,14-16,18H2,1-7H3,(H,34,35)/t21?,22?,24-/m0/s1. The third-order valence-electron chi connectivity index (χ3n) is 5.99. The number of nitrogens with one attached hydrogen (secondary N) is 1. The molecule has 0 aliphatic carbocycles. The molecule has 0 fully saturated rings. The molecule has 3 atom stereocenters. The Morgan fingerprint density at radius 2 is 1.35 bits per heavy atom. The van der Waals surface area contributed by atoms with E-state index in [0.29, 0.717) is 36.7 Å². The van der Waals surface area contributed by atoms with Crippen LogP contribution in [0.5, 0.6) is 11.5 Å². The van der Waals surface area contributed by atoms with Crippen LogP contribution in [0.1, 0.15) is 92.6 Å². The van der Waals surface area contributed by atoms with Crippen LogP contribution in [-0.4, -0.2) is 54.0 Å². The van der Waals surface area contributed by atoms with Crippen LogP contribution < -0.4 is 14.8 Å². The quantitative estimate of drug-likeness (QED) is 0.169. The number of ether oxygens (including phenoxy) is 4. The van der Waals surface area contributed by atoms with Crippen LogP contribution in [0.3, 0.4) is 0 Å². The highest BCUT2D eigenvalue weighted by Crippen LogP contribution is 2.30. The second kappa shape index (κ2) is 18.3. The predicted octanol–water partition coefficient (Wildman–Crippen LogP) is 5.69. The highest BCUT2D eigenvalue weighted by atomic mass is 16.7. The van der Waals surface area contributed by atoms with Gasteiger partial charge in [-0.15, -0.1) is 0 Å². The molecule has 1 aromatic rings. The van der Waals surface area contributed by atoms with E-state index in [1.165, 1.54) is 12.1 Å². The molecule has 10 heteroatoms. The topological polar surface area (TPSA) is 137 Å².